The van der Waals surface area contributed by atoms with Gasteiger partial charge in [-0.3, -0.25) is 0 Å². The summed E-state index contributed by atoms with van der Waals surface area (Å²) in [5.74, 6) is 0. The fraction of sp³-hybridized carbons (Fsp3) is 0.429. The molecule has 0 aliphatic heterocycles. The van der Waals surface area contributed by atoms with E-state index in [1.807, 2.05) is 12.1 Å². The molecule has 0 saturated carbocycles. The van der Waals surface area contributed by atoms with E-state index in [-0.39, 0.29) is 6.61 Å². The Morgan fingerprint density at radius 2 is 1.14 bits per heavy atom. The first-order valence-electron chi connectivity index (χ1n) is 8.62. The molecule has 2 aromatic carbocycles. The molecule has 0 aliphatic carbocycles. The fourth-order valence-corrected chi connectivity index (χ4v) is 2.78. The molecule has 1 nitrogen and oxygen atoms in total. The molecule has 0 aromatic heterocycles. The minimum atomic E-state index is 0.109. The summed E-state index contributed by atoms with van der Waals surface area (Å²) in [5, 5.41) is 9.09. The zero-order valence-corrected chi connectivity index (χ0v) is 13.7. The van der Waals surface area contributed by atoms with Gasteiger partial charge in [0.15, 0.2) is 0 Å². The predicted octanol–water partition coefficient (Wildman–Crippen LogP) is 5.75. The van der Waals surface area contributed by atoms with Crippen molar-refractivity contribution in [1.82, 2.24) is 0 Å². The molecule has 0 radical (unpaired) electrons. The molecule has 0 aliphatic rings. The molecule has 0 unspecified atom stereocenters. The monoisotopic (exact) mass is 296 g/mol. The molecule has 0 bridgehead atoms. The summed E-state index contributed by atoms with van der Waals surface area (Å²) in [5.41, 5.74) is 4.86. The molecule has 0 heterocycles. The first-order valence-corrected chi connectivity index (χ1v) is 8.62. The van der Waals surface area contributed by atoms with E-state index in [1.54, 1.807) is 0 Å². The van der Waals surface area contributed by atoms with E-state index in [1.165, 1.54) is 61.6 Å². The lowest BCUT2D eigenvalue weighted by atomic mass is 10.00. The van der Waals surface area contributed by atoms with Crippen LogP contribution in [0.3, 0.4) is 0 Å². The second-order valence-corrected chi connectivity index (χ2v) is 6.07. The molecule has 0 atom stereocenters. The summed E-state index contributed by atoms with van der Waals surface area (Å²) in [6.07, 6.45) is 9.31. The maximum atomic E-state index is 9.09. The standard InChI is InChI=1S/C21H28O/c1-2-3-4-5-6-7-8-18-9-13-20(14-10-18)21-15-11-19(17-22)12-16-21/h9-16,22H,2-8,17H2,1H3. The van der Waals surface area contributed by atoms with Crippen LogP contribution in [0, 0.1) is 0 Å². The lowest BCUT2D eigenvalue weighted by Crippen LogP contribution is -1.87. The van der Waals surface area contributed by atoms with Crippen LogP contribution in [0.4, 0.5) is 0 Å². The van der Waals surface area contributed by atoms with Crippen molar-refractivity contribution in [3.63, 3.8) is 0 Å². The highest BCUT2D eigenvalue weighted by Crippen LogP contribution is 2.21. The summed E-state index contributed by atoms with van der Waals surface area (Å²) in [6.45, 7) is 2.37. The Morgan fingerprint density at radius 1 is 0.636 bits per heavy atom. The van der Waals surface area contributed by atoms with Gasteiger partial charge in [-0.05, 0) is 35.1 Å². The summed E-state index contributed by atoms with van der Waals surface area (Å²) in [6, 6.07) is 17.0. The Morgan fingerprint density at radius 3 is 1.68 bits per heavy atom. The van der Waals surface area contributed by atoms with Crippen LogP contribution >= 0.6 is 0 Å². The number of rotatable bonds is 9. The van der Waals surface area contributed by atoms with Crippen molar-refractivity contribution in [3.05, 3.63) is 59.7 Å². The Hall–Kier alpha value is -1.60. The molecule has 2 aromatic rings. The molecule has 0 fully saturated rings. The summed E-state index contributed by atoms with van der Waals surface area (Å²) in [7, 11) is 0. The Bertz CT molecular complexity index is 525. The van der Waals surface area contributed by atoms with E-state index < -0.39 is 0 Å². The van der Waals surface area contributed by atoms with Gasteiger partial charge in [-0.1, -0.05) is 87.6 Å². The molecule has 22 heavy (non-hydrogen) atoms. The maximum Gasteiger partial charge on any atom is 0.0681 e. The van der Waals surface area contributed by atoms with Crippen molar-refractivity contribution in [3.8, 4) is 11.1 Å². The van der Waals surface area contributed by atoms with Gasteiger partial charge in [0, 0.05) is 0 Å². The zero-order valence-electron chi connectivity index (χ0n) is 13.7. The Balaban J connectivity index is 1.82. The van der Waals surface area contributed by atoms with Gasteiger partial charge in [0.05, 0.1) is 6.61 Å². The minimum Gasteiger partial charge on any atom is -0.392 e. The van der Waals surface area contributed by atoms with Gasteiger partial charge in [0.2, 0.25) is 0 Å². The zero-order chi connectivity index (χ0) is 15.6. The number of aliphatic hydroxyl groups excluding tert-OH is 1. The van der Waals surface area contributed by atoms with Gasteiger partial charge in [0.1, 0.15) is 0 Å². The van der Waals surface area contributed by atoms with Gasteiger partial charge >= 0.3 is 0 Å². The smallest absolute Gasteiger partial charge is 0.0681 e. The van der Waals surface area contributed by atoms with Crippen molar-refractivity contribution in [1.29, 1.82) is 0 Å². The Labute approximate surface area is 135 Å². The number of hydrogen-bond acceptors (Lipinski definition) is 1. The highest BCUT2D eigenvalue weighted by molar-refractivity contribution is 5.63. The first kappa shape index (κ1) is 16.8. The van der Waals surface area contributed by atoms with Gasteiger partial charge in [-0.15, -0.1) is 0 Å². The van der Waals surface area contributed by atoms with E-state index in [0.717, 1.165) is 5.56 Å². The van der Waals surface area contributed by atoms with Crippen LogP contribution in [0.5, 0.6) is 0 Å². The van der Waals surface area contributed by atoms with Crippen molar-refractivity contribution in [2.75, 3.05) is 0 Å². The van der Waals surface area contributed by atoms with E-state index >= 15 is 0 Å². The number of unbranched alkanes of at least 4 members (excludes halogenated alkanes) is 5. The summed E-state index contributed by atoms with van der Waals surface area (Å²) in [4.78, 5) is 0. The molecular formula is C21H28O. The molecular weight excluding hydrogens is 268 g/mol. The predicted molar refractivity (Wildman–Crippen MR) is 94.9 cm³/mol. The molecule has 0 spiro atoms. The number of hydrogen-bond donors (Lipinski definition) is 1. The number of benzene rings is 2. The number of aliphatic hydroxyl groups is 1. The third kappa shape index (κ3) is 5.31. The first-order chi connectivity index (χ1) is 10.8. The van der Waals surface area contributed by atoms with Crippen LogP contribution in [-0.4, -0.2) is 5.11 Å². The largest absolute Gasteiger partial charge is 0.392 e. The third-order valence-corrected chi connectivity index (χ3v) is 4.24. The summed E-state index contributed by atoms with van der Waals surface area (Å²) < 4.78 is 0. The highest BCUT2D eigenvalue weighted by Gasteiger charge is 1.99. The fourth-order valence-electron chi connectivity index (χ4n) is 2.78. The van der Waals surface area contributed by atoms with Crippen LogP contribution < -0.4 is 0 Å². The highest BCUT2D eigenvalue weighted by atomic mass is 16.3. The lowest BCUT2D eigenvalue weighted by Gasteiger charge is -2.06. The van der Waals surface area contributed by atoms with E-state index in [9.17, 15) is 0 Å². The molecule has 0 saturated heterocycles. The molecule has 1 N–H and O–H groups in total. The van der Waals surface area contributed by atoms with E-state index in [0.29, 0.717) is 0 Å². The molecule has 118 valence electrons. The average molecular weight is 296 g/mol. The van der Waals surface area contributed by atoms with Gasteiger partial charge in [0.25, 0.3) is 0 Å². The van der Waals surface area contributed by atoms with Crippen LogP contribution in [0.25, 0.3) is 11.1 Å². The van der Waals surface area contributed by atoms with Crippen LogP contribution in [0.15, 0.2) is 48.5 Å². The normalized spacial score (nSPS) is 10.8. The maximum absolute atomic E-state index is 9.09. The molecule has 0 amide bonds. The second kappa shape index (κ2) is 9.42. The van der Waals surface area contributed by atoms with Crippen molar-refractivity contribution >= 4 is 0 Å². The van der Waals surface area contributed by atoms with Gasteiger partial charge < -0.3 is 5.11 Å². The van der Waals surface area contributed by atoms with Gasteiger partial charge in [-0.25, -0.2) is 0 Å². The van der Waals surface area contributed by atoms with Crippen molar-refractivity contribution < 1.29 is 5.11 Å². The second-order valence-electron chi connectivity index (χ2n) is 6.07. The quantitative estimate of drug-likeness (QED) is 0.584. The van der Waals surface area contributed by atoms with Gasteiger partial charge in [-0.2, -0.15) is 0 Å². The topological polar surface area (TPSA) is 20.2 Å². The van der Waals surface area contributed by atoms with Crippen LogP contribution in [-0.2, 0) is 13.0 Å². The SMILES string of the molecule is CCCCCCCCc1ccc(-c2ccc(CO)cc2)cc1. The molecule has 2 rings (SSSR count). The van der Waals surface area contributed by atoms with E-state index in [4.69, 9.17) is 5.11 Å². The van der Waals surface area contributed by atoms with Crippen molar-refractivity contribution in [2.24, 2.45) is 0 Å². The lowest BCUT2D eigenvalue weighted by molar-refractivity contribution is 0.282. The Kier molecular flexibility index (Phi) is 7.18. The molecule has 1 heteroatoms. The van der Waals surface area contributed by atoms with Crippen molar-refractivity contribution in [2.45, 2.75) is 58.5 Å². The third-order valence-electron chi connectivity index (χ3n) is 4.24. The minimum absolute atomic E-state index is 0.109. The van der Waals surface area contributed by atoms with Crippen LogP contribution in [0.2, 0.25) is 0 Å². The van der Waals surface area contributed by atoms with E-state index in [2.05, 4.69) is 43.3 Å². The summed E-state index contributed by atoms with van der Waals surface area (Å²) >= 11 is 0. The van der Waals surface area contributed by atoms with Crippen LogP contribution in [0.1, 0.15) is 56.6 Å². The average Bonchev–Trinajstić information content (AvgIpc) is 2.59. The number of aryl methyl sites for hydroxylation is 1.